The molecule has 0 aromatic heterocycles. The first-order valence-corrected chi connectivity index (χ1v) is 7.01. The molecule has 0 amide bonds. The molecule has 3 nitrogen and oxygen atoms in total. The van der Waals surface area contributed by atoms with Crippen molar-refractivity contribution in [1.82, 2.24) is 0 Å². The number of nitrogens with two attached hydrogens (primary N) is 1. The van der Waals surface area contributed by atoms with E-state index in [4.69, 9.17) is 5.73 Å². The summed E-state index contributed by atoms with van der Waals surface area (Å²) in [5.41, 5.74) is 7.05. The molecule has 1 atom stereocenters. The Balaban J connectivity index is 2.26. The molecule has 0 heterocycles. The largest absolute Gasteiger partial charge is 0.324 e. The van der Waals surface area contributed by atoms with Crippen molar-refractivity contribution in [2.45, 2.75) is 38.6 Å². The third kappa shape index (κ3) is 3.80. The van der Waals surface area contributed by atoms with Crippen LogP contribution in [-0.2, 0) is 9.84 Å². The maximum atomic E-state index is 11.2. The van der Waals surface area contributed by atoms with Crippen molar-refractivity contribution in [2.75, 3.05) is 11.5 Å². The molecule has 1 aliphatic carbocycles. The molecule has 0 radical (unpaired) electrons. The molecule has 0 aromatic carbocycles. The summed E-state index contributed by atoms with van der Waals surface area (Å²) in [6.45, 7) is 1.69. The zero-order valence-corrected chi connectivity index (χ0v) is 9.52. The third-order valence-corrected chi connectivity index (χ3v) is 4.43. The van der Waals surface area contributed by atoms with Gasteiger partial charge in [0.25, 0.3) is 0 Å². The van der Waals surface area contributed by atoms with Gasteiger partial charge in [0, 0.05) is 11.8 Å². The molecule has 0 bridgehead atoms. The van der Waals surface area contributed by atoms with Crippen molar-refractivity contribution < 1.29 is 8.42 Å². The van der Waals surface area contributed by atoms with Crippen LogP contribution in [0.4, 0.5) is 0 Å². The molecule has 2 N–H and O–H groups in total. The van der Waals surface area contributed by atoms with Crippen molar-refractivity contribution in [3.05, 3.63) is 11.6 Å². The van der Waals surface area contributed by atoms with Gasteiger partial charge in [-0.2, -0.15) is 0 Å². The fourth-order valence-electron chi connectivity index (χ4n) is 1.69. The van der Waals surface area contributed by atoms with E-state index in [-0.39, 0.29) is 11.8 Å². The first-order chi connectivity index (χ1) is 6.53. The number of sulfone groups is 1. The molecule has 82 valence electrons. The second-order valence-corrected chi connectivity index (χ2v) is 6.34. The van der Waals surface area contributed by atoms with Gasteiger partial charge in [0.15, 0.2) is 0 Å². The summed E-state index contributed by atoms with van der Waals surface area (Å²) in [5.74, 6) is 0.571. The molecule has 0 aromatic rings. The Morgan fingerprint density at radius 2 is 2.29 bits per heavy atom. The van der Waals surface area contributed by atoms with Gasteiger partial charge >= 0.3 is 0 Å². The second-order valence-electron chi connectivity index (χ2n) is 3.87. The quantitative estimate of drug-likeness (QED) is 0.705. The average Bonchev–Trinajstić information content (AvgIpc) is 2.51. The van der Waals surface area contributed by atoms with Crippen LogP contribution in [-0.4, -0.2) is 26.0 Å². The van der Waals surface area contributed by atoms with Crippen LogP contribution in [0.1, 0.15) is 32.6 Å². The summed E-state index contributed by atoms with van der Waals surface area (Å²) in [6, 6.07) is 0.202. The summed E-state index contributed by atoms with van der Waals surface area (Å²) >= 11 is 0. The predicted octanol–water partition coefficient (Wildman–Crippen LogP) is 1.25. The van der Waals surface area contributed by atoms with Gasteiger partial charge < -0.3 is 5.73 Å². The van der Waals surface area contributed by atoms with Gasteiger partial charge in [-0.3, -0.25) is 0 Å². The first kappa shape index (κ1) is 11.7. The van der Waals surface area contributed by atoms with Crippen LogP contribution in [0.2, 0.25) is 0 Å². The molecular weight excluding hydrogens is 198 g/mol. The van der Waals surface area contributed by atoms with Crippen molar-refractivity contribution in [3.8, 4) is 0 Å². The van der Waals surface area contributed by atoms with E-state index in [9.17, 15) is 8.42 Å². The summed E-state index contributed by atoms with van der Waals surface area (Å²) in [4.78, 5) is 0. The lowest BCUT2D eigenvalue weighted by Crippen LogP contribution is -2.11. The molecule has 0 aliphatic heterocycles. The number of allylic oxidation sites excluding steroid dienone is 1. The number of rotatable bonds is 5. The highest BCUT2D eigenvalue weighted by Crippen LogP contribution is 2.21. The van der Waals surface area contributed by atoms with Crippen molar-refractivity contribution in [1.29, 1.82) is 0 Å². The fourth-order valence-corrected chi connectivity index (χ4v) is 2.57. The van der Waals surface area contributed by atoms with Crippen molar-refractivity contribution >= 4 is 9.84 Å². The van der Waals surface area contributed by atoms with Gasteiger partial charge in [-0.25, -0.2) is 8.42 Å². The minimum atomic E-state index is -2.78. The van der Waals surface area contributed by atoms with Gasteiger partial charge in [-0.05, 0) is 25.7 Å². The highest BCUT2D eigenvalue weighted by Gasteiger charge is 2.13. The lowest BCUT2D eigenvalue weighted by molar-refractivity contribution is 0.594. The van der Waals surface area contributed by atoms with Crippen LogP contribution in [0.25, 0.3) is 0 Å². The Morgan fingerprint density at radius 3 is 2.79 bits per heavy atom. The maximum Gasteiger partial charge on any atom is 0.150 e. The number of hydrogen-bond donors (Lipinski definition) is 1. The van der Waals surface area contributed by atoms with Crippen LogP contribution in [0, 0.1) is 0 Å². The average molecular weight is 217 g/mol. The highest BCUT2D eigenvalue weighted by molar-refractivity contribution is 7.91. The molecule has 1 unspecified atom stereocenters. The smallest absolute Gasteiger partial charge is 0.150 e. The first-order valence-electron chi connectivity index (χ1n) is 5.19. The fraction of sp³-hybridized carbons (Fsp3) is 0.800. The van der Waals surface area contributed by atoms with Crippen molar-refractivity contribution in [2.24, 2.45) is 5.73 Å². The standard InChI is InChI=1S/C10H19NO2S/c1-2-14(12,13)7-3-4-9-5-6-10(11)8-9/h8,10H,2-7,11H2,1H3. The SMILES string of the molecule is CCS(=O)(=O)CCCC1=CC(N)CC1. The van der Waals surface area contributed by atoms with Gasteiger partial charge in [0.1, 0.15) is 9.84 Å². The molecular formula is C10H19NO2S. The van der Waals surface area contributed by atoms with Crippen LogP contribution < -0.4 is 5.73 Å². The molecule has 1 rings (SSSR count). The van der Waals surface area contributed by atoms with E-state index in [1.807, 2.05) is 0 Å². The van der Waals surface area contributed by atoms with Gasteiger partial charge in [0.05, 0.1) is 5.75 Å². The van der Waals surface area contributed by atoms with E-state index < -0.39 is 9.84 Å². The van der Waals surface area contributed by atoms with E-state index in [0.29, 0.717) is 5.75 Å². The Hall–Kier alpha value is -0.350. The Morgan fingerprint density at radius 1 is 1.57 bits per heavy atom. The zero-order valence-electron chi connectivity index (χ0n) is 8.70. The Bertz CT molecular complexity index is 306. The summed E-state index contributed by atoms with van der Waals surface area (Å²) in [6.07, 6.45) is 5.80. The van der Waals surface area contributed by atoms with Crippen LogP contribution >= 0.6 is 0 Å². The molecule has 0 spiro atoms. The lowest BCUT2D eigenvalue weighted by Gasteiger charge is -2.01. The van der Waals surface area contributed by atoms with Crippen molar-refractivity contribution in [3.63, 3.8) is 0 Å². The molecule has 0 saturated carbocycles. The second kappa shape index (κ2) is 4.94. The number of hydrogen-bond acceptors (Lipinski definition) is 3. The van der Waals surface area contributed by atoms with E-state index in [2.05, 4.69) is 6.08 Å². The van der Waals surface area contributed by atoms with Crippen LogP contribution in [0.5, 0.6) is 0 Å². The summed E-state index contributed by atoms with van der Waals surface area (Å²) in [7, 11) is -2.78. The van der Waals surface area contributed by atoms with E-state index in [1.54, 1.807) is 6.92 Å². The summed E-state index contributed by atoms with van der Waals surface area (Å²) < 4.78 is 22.4. The van der Waals surface area contributed by atoms with Crippen LogP contribution in [0.3, 0.4) is 0 Å². The molecule has 0 fully saturated rings. The maximum absolute atomic E-state index is 11.2. The zero-order chi connectivity index (χ0) is 10.6. The third-order valence-electron chi connectivity index (χ3n) is 2.64. The topological polar surface area (TPSA) is 60.2 Å². The predicted molar refractivity (Wildman–Crippen MR) is 58.9 cm³/mol. The van der Waals surface area contributed by atoms with E-state index >= 15 is 0 Å². The van der Waals surface area contributed by atoms with E-state index in [1.165, 1.54) is 5.57 Å². The van der Waals surface area contributed by atoms with Crippen LogP contribution in [0.15, 0.2) is 11.6 Å². The summed E-state index contributed by atoms with van der Waals surface area (Å²) in [5, 5.41) is 0. The minimum absolute atomic E-state index is 0.202. The molecule has 1 aliphatic rings. The Kier molecular flexibility index (Phi) is 4.13. The Labute approximate surface area is 86.3 Å². The molecule has 0 saturated heterocycles. The van der Waals surface area contributed by atoms with E-state index in [0.717, 1.165) is 25.7 Å². The highest BCUT2D eigenvalue weighted by atomic mass is 32.2. The van der Waals surface area contributed by atoms with Gasteiger partial charge in [-0.15, -0.1) is 0 Å². The minimum Gasteiger partial charge on any atom is -0.324 e. The molecule has 14 heavy (non-hydrogen) atoms. The molecule has 4 heteroatoms. The monoisotopic (exact) mass is 217 g/mol. The van der Waals surface area contributed by atoms with Gasteiger partial charge in [0.2, 0.25) is 0 Å². The lowest BCUT2D eigenvalue weighted by atomic mass is 10.1. The van der Waals surface area contributed by atoms with Gasteiger partial charge in [-0.1, -0.05) is 18.6 Å². The normalized spacial score (nSPS) is 22.4.